The van der Waals surface area contributed by atoms with Gasteiger partial charge in [-0.05, 0) is 24.3 Å². The summed E-state index contributed by atoms with van der Waals surface area (Å²) in [4.78, 5) is 12.8. The van der Waals surface area contributed by atoms with E-state index in [1.54, 1.807) is 22.9 Å². The van der Waals surface area contributed by atoms with Gasteiger partial charge in [0.05, 0.1) is 33.9 Å². The molecule has 0 spiro atoms. The molecule has 6 heteroatoms. The van der Waals surface area contributed by atoms with Crippen LogP contribution in [0.3, 0.4) is 0 Å². The largest absolute Gasteiger partial charge is 0.288 e. The molecule has 0 bridgehead atoms. The Kier molecular flexibility index (Phi) is 5.44. The highest BCUT2D eigenvalue weighted by molar-refractivity contribution is 7.18. The molecule has 3 rings (SSSR count). The van der Waals surface area contributed by atoms with Crippen LogP contribution in [0.15, 0.2) is 54.7 Å². The number of hydrogen-bond acceptors (Lipinski definition) is 4. The van der Waals surface area contributed by atoms with Crippen LogP contribution in [-0.2, 0) is 6.54 Å². The highest BCUT2D eigenvalue weighted by Crippen LogP contribution is 2.25. The van der Waals surface area contributed by atoms with Crippen LogP contribution in [0.5, 0.6) is 0 Å². The second-order valence-corrected chi connectivity index (χ2v) is 6.99. The van der Waals surface area contributed by atoms with E-state index in [1.807, 2.05) is 36.5 Å². The fourth-order valence-corrected chi connectivity index (χ4v) is 3.32. The molecule has 3 aromatic rings. The molecule has 0 radical (unpaired) electrons. The molecule has 0 atom stereocenters. The fraction of sp³-hybridized carbons (Fsp3) is 0.105. The second-order valence-electron chi connectivity index (χ2n) is 5.27. The molecule has 0 N–H and O–H groups in total. The number of benzene rings is 1. The highest BCUT2D eigenvalue weighted by atomic mass is 35.5. The molecule has 0 amide bonds. The third kappa shape index (κ3) is 4.24. The summed E-state index contributed by atoms with van der Waals surface area (Å²) in [5.41, 5.74) is 2.58. The van der Waals surface area contributed by atoms with Crippen LogP contribution in [0.1, 0.15) is 21.7 Å². The average molecular weight is 368 g/mol. The van der Waals surface area contributed by atoms with E-state index >= 15 is 0 Å². The maximum atomic E-state index is 12.3. The molecule has 124 valence electrons. The van der Waals surface area contributed by atoms with Crippen molar-refractivity contribution in [3.8, 4) is 17.3 Å². The molecule has 25 heavy (non-hydrogen) atoms. The lowest BCUT2D eigenvalue weighted by atomic mass is 10.1. The number of ketones is 1. The first kappa shape index (κ1) is 17.2. The summed E-state index contributed by atoms with van der Waals surface area (Å²) in [5, 5.41) is 13.3. The van der Waals surface area contributed by atoms with Crippen LogP contribution >= 0.6 is 22.9 Å². The van der Waals surface area contributed by atoms with Gasteiger partial charge in [0.1, 0.15) is 0 Å². The highest BCUT2D eigenvalue weighted by Gasteiger charge is 2.10. The van der Waals surface area contributed by atoms with E-state index < -0.39 is 0 Å². The summed E-state index contributed by atoms with van der Waals surface area (Å²) in [6, 6.07) is 15.3. The fourth-order valence-electron chi connectivity index (χ4n) is 2.35. The van der Waals surface area contributed by atoms with E-state index in [0.717, 1.165) is 16.8 Å². The molecule has 2 aromatic heterocycles. The van der Waals surface area contributed by atoms with Gasteiger partial charge >= 0.3 is 0 Å². The van der Waals surface area contributed by atoms with E-state index in [2.05, 4.69) is 11.2 Å². The zero-order valence-electron chi connectivity index (χ0n) is 13.2. The first-order chi connectivity index (χ1) is 12.2. The van der Waals surface area contributed by atoms with Crippen molar-refractivity contribution in [3.63, 3.8) is 0 Å². The van der Waals surface area contributed by atoms with Gasteiger partial charge in [0, 0.05) is 17.3 Å². The van der Waals surface area contributed by atoms with Crippen molar-refractivity contribution in [1.82, 2.24) is 9.78 Å². The quantitative estimate of drug-likeness (QED) is 0.451. The van der Waals surface area contributed by atoms with Gasteiger partial charge in [0.25, 0.3) is 0 Å². The first-order valence-electron chi connectivity index (χ1n) is 7.65. The number of hydrogen-bond donors (Lipinski definition) is 0. The molecule has 4 nitrogen and oxygen atoms in total. The summed E-state index contributed by atoms with van der Waals surface area (Å²) in [7, 11) is 0. The Morgan fingerprint density at radius 3 is 2.76 bits per heavy atom. The van der Waals surface area contributed by atoms with Crippen molar-refractivity contribution in [2.75, 3.05) is 0 Å². The lowest BCUT2D eigenvalue weighted by Crippen LogP contribution is -1.97. The molecule has 0 fully saturated rings. The van der Waals surface area contributed by atoms with Gasteiger partial charge in [-0.3, -0.25) is 9.48 Å². The van der Waals surface area contributed by atoms with Crippen molar-refractivity contribution >= 4 is 34.8 Å². The Morgan fingerprint density at radius 1 is 1.28 bits per heavy atom. The Morgan fingerprint density at radius 2 is 2.08 bits per heavy atom. The minimum atomic E-state index is -0.0966. The maximum absolute atomic E-state index is 12.3. The van der Waals surface area contributed by atoms with Gasteiger partial charge in [-0.15, -0.1) is 11.3 Å². The third-order valence-corrected chi connectivity index (χ3v) is 4.77. The molecular formula is C19H14ClN3OS. The van der Waals surface area contributed by atoms with Crippen molar-refractivity contribution < 1.29 is 4.79 Å². The number of allylic oxidation sites excluding steroid dienone is 1. The number of halogens is 1. The molecule has 0 aliphatic rings. The predicted octanol–water partition coefficient (Wildman–Crippen LogP) is 5.07. The lowest BCUT2D eigenvalue weighted by Gasteiger charge is -1.98. The molecule has 0 aliphatic heterocycles. The van der Waals surface area contributed by atoms with Crippen molar-refractivity contribution in [3.05, 3.63) is 69.5 Å². The topological polar surface area (TPSA) is 58.7 Å². The summed E-state index contributed by atoms with van der Waals surface area (Å²) in [6.45, 7) is 0.513. The zero-order chi connectivity index (χ0) is 17.6. The lowest BCUT2D eigenvalue weighted by molar-refractivity contribution is 0.105. The molecule has 0 saturated heterocycles. The molecule has 0 aliphatic carbocycles. The number of carbonyl (C=O) groups is 1. The molecule has 0 saturated carbocycles. The first-order valence-corrected chi connectivity index (χ1v) is 8.84. The Balaban J connectivity index is 1.91. The SMILES string of the molecule is N#CCCn1cc(/C=C/C(=O)c2ccc(Cl)s2)c(-c2ccccc2)n1. The van der Waals surface area contributed by atoms with Gasteiger partial charge in [0.15, 0.2) is 5.78 Å². The van der Waals surface area contributed by atoms with Gasteiger partial charge in [-0.2, -0.15) is 10.4 Å². The van der Waals surface area contributed by atoms with Gasteiger partial charge in [-0.1, -0.05) is 41.9 Å². The van der Waals surface area contributed by atoms with Crippen LogP contribution in [0.25, 0.3) is 17.3 Å². The number of aromatic nitrogens is 2. The van der Waals surface area contributed by atoms with Crippen molar-refractivity contribution in [2.45, 2.75) is 13.0 Å². The van der Waals surface area contributed by atoms with Gasteiger partial charge < -0.3 is 0 Å². The van der Waals surface area contributed by atoms with E-state index in [9.17, 15) is 4.79 Å². The van der Waals surface area contributed by atoms with E-state index in [4.69, 9.17) is 16.9 Å². The average Bonchev–Trinajstić information content (AvgIpc) is 3.25. The number of aryl methyl sites for hydroxylation is 1. The summed E-state index contributed by atoms with van der Waals surface area (Å²) < 4.78 is 2.32. The number of thiophene rings is 1. The number of nitrogens with zero attached hydrogens (tertiary/aromatic N) is 3. The Labute approximate surface area is 154 Å². The van der Waals surface area contributed by atoms with Crippen LogP contribution in [0.4, 0.5) is 0 Å². The van der Waals surface area contributed by atoms with Crippen molar-refractivity contribution in [1.29, 1.82) is 5.26 Å². The molecule has 2 heterocycles. The van der Waals surface area contributed by atoms with E-state index in [-0.39, 0.29) is 5.78 Å². The third-order valence-electron chi connectivity index (χ3n) is 3.52. The molecule has 0 unspecified atom stereocenters. The molecule has 1 aromatic carbocycles. The van der Waals surface area contributed by atoms with Crippen LogP contribution < -0.4 is 0 Å². The van der Waals surface area contributed by atoms with Gasteiger partial charge in [-0.25, -0.2) is 0 Å². The molecular weight excluding hydrogens is 354 g/mol. The Bertz CT molecular complexity index is 951. The monoisotopic (exact) mass is 367 g/mol. The standard InChI is InChI=1S/C19H14ClN3OS/c20-18-10-9-17(25-18)16(24)8-7-15-13-23(12-4-11-21)22-19(15)14-5-2-1-3-6-14/h1-3,5-10,13H,4,12H2/b8-7+. The van der Waals surface area contributed by atoms with Crippen LogP contribution in [-0.4, -0.2) is 15.6 Å². The van der Waals surface area contributed by atoms with E-state index in [1.165, 1.54) is 17.4 Å². The Hall–Kier alpha value is -2.68. The smallest absolute Gasteiger partial charge is 0.195 e. The van der Waals surface area contributed by atoms with Crippen LogP contribution in [0, 0.1) is 11.3 Å². The minimum absolute atomic E-state index is 0.0966. The van der Waals surface area contributed by atoms with E-state index in [0.29, 0.717) is 22.2 Å². The summed E-state index contributed by atoms with van der Waals surface area (Å²) in [6.07, 6.45) is 5.52. The summed E-state index contributed by atoms with van der Waals surface area (Å²) in [5.74, 6) is -0.0966. The number of carbonyl (C=O) groups excluding carboxylic acids is 1. The van der Waals surface area contributed by atoms with Crippen LogP contribution in [0.2, 0.25) is 4.34 Å². The predicted molar refractivity (Wildman–Crippen MR) is 101 cm³/mol. The zero-order valence-corrected chi connectivity index (χ0v) is 14.8. The maximum Gasteiger partial charge on any atom is 0.195 e. The van der Waals surface area contributed by atoms with Gasteiger partial charge in [0.2, 0.25) is 0 Å². The second kappa shape index (κ2) is 7.93. The normalized spacial score (nSPS) is 10.9. The van der Waals surface area contributed by atoms with Crippen molar-refractivity contribution in [2.24, 2.45) is 0 Å². The number of nitriles is 1. The minimum Gasteiger partial charge on any atom is -0.288 e. The number of rotatable bonds is 6. The summed E-state index contributed by atoms with van der Waals surface area (Å²) >= 11 is 7.14.